The summed E-state index contributed by atoms with van der Waals surface area (Å²) in [6.07, 6.45) is 0.713. The lowest BCUT2D eigenvalue weighted by Gasteiger charge is -2.44. The zero-order valence-electron chi connectivity index (χ0n) is 35.5. The molecule has 336 valence electrons. The third-order valence-corrected chi connectivity index (χ3v) is 13.9. The molecule has 5 fully saturated rings. The lowest BCUT2D eigenvalue weighted by Crippen LogP contribution is -2.54. The van der Waals surface area contributed by atoms with Gasteiger partial charge in [0.05, 0.1) is 35.1 Å². The number of nitrogens with zero attached hydrogens (tertiary/aromatic N) is 8. The normalized spacial score (nSPS) is 22.1. The van der Waals surface area contributed by atoms with Crippen molar-refractivity contribution in [3.63, 3.8) is 0 Å². The summed E-state index contributed by atoms with van der Waals surface area (Å²) in [7, 11) is 0. The molecular weight excluding hydrogens is 830 g/mol. The topological polar surface area (TPSA) is 146 Å². The Hall–Kier alpha value is -6.06. The number of likely N-dealkylation sites (tertiary alicyclic amines) is 1. The van der Waals surface area contributed by atoms with Crippen LogP contribution in [0.1, 0.15) is 64.8 Å². The molecule has 5 saturated heterocycles. The fourth-order valence-electron chi connectivity index (χ4n) is 10.1. The van der Waals surface area contributed by atoms with Crippen LogP contribution >= 0.6 is 0 Å². The Labute approximate surface area is 369 Å². The Morgan fingerprint density at radius 2 is 1.38 bits per heavy atom. The van der Waals surface area contributed by atoms with Crippen LogP contribution in [0.5, 0.6) is 0 Å². The van der Waals surface area contributed by atoms with E-state index in [4.69, 9.17) is 6.57 Å². The van der Waals surface area contributed by atoms with Gasteiger partial charge >= 0.3 is 6.18 Å². The summed E-state index contributed by atoms with van der Waals surface area (Å²) in [6.45, 7) is 17.6. The zero-order chi connectivity index (χ0) is 44.7. The van der Waals surface area contributed by atoms with E-state index >= 15 is 0 Å². The van der Waals surface area contributed by atoms with Crippen LogP contribution in [-0.4, -0.2) is 134 Å². The van der Waals surface area contributed by atoms with Gasteiger partial charge in [0.25, 0.3) is 11.8 Å². The summed E-state index contributed by atoms with van der Waals surface area (Å²) in [5.41, 5.74) is 1.53. The molecular formula is C46H51F3N10O5. The van der Waals surface area contributed by atoms with Crippen molar-refractivity contribution in [3.8, 4) is 0 Å². The molecule has 2 aromatic carbocycles. The van der Waals surface area contributed by atoms with Crippen molar-refractivity contribution in [2.45, 2.75) is 50.7 Å². The average Bonchev–Trinajstić information content (AvgIpc) is 3.53. The number of benzene rings is 2. The predicted molar refractivity (Wildman–Crippen MR) is 232 cm³/mol. The van der Waals surface area contributed by atoms with Crippen molar-refractivity contribution in [1.29, 1.82) is 0 Å². The van der Waals surface area contributed by atoms with E-state index in [1.165, 1.54) is 12.1 Å². The van der Waals surface area contributed by atoms with Crippen LogP contribution < -0.4 is 25.3 Å². The number of rotatable bonds is 10. The van der Waals surface area contributed by atoms with Gasteiger partial charge in [0, 0.05) is 95.1 Å². The molecule has 7 heterocycles. The third kappa shape index (κ3) is 9.00. The number of pyridine rings is 1. The van der Waals surface area contributed by atoms with E-state index in [0.29, 0.717) is 60.4 Å². The number of piperazine rings is 1. The molecule has 3 aromatic rings. The second kappa shape index (κ2) is 17.8. The van der Waals surface area contributed by atoms with Crippen LogP contribution in [-0.2, 0) is 20.6 Å². The highest BCUT2D eigenvalue weighted by Crippen LogP contribution is 2.40. The molecule has 9 rings (SSSR count). The summed E-state index contributed by atoms with van der Waals surface area (Å²) in [6, 6.07) is 11.9. The van der Waals surface area contributed by atoms with Gasteiger partial charge in [-0.3, -0.25) is 39.1 Å². The first-order valence-corrected chi connectivity index (χ1v) is 22.2. The minimum Gasteiger partial charge on any atom is -0.372 e. The Morgan fingerprint density at radius 1 is 0.734 bits per heavy atom. The van der Waals surface area contributed by atoms with Gasteiger partial charge in [-0.2, -0.15) is 13.2 Å². The molecule has 18 heteroatoms. The number of carbonyl (C=O) groups excluding carboxylic acids is 5. The summed E-state index contributed by atoms with van der Waals surface area (Å²) in [5, 5.41) is 5.16. The SMILES string of the molecule is [C-]#[N+]c1ccc(N2CCC(C(=O)Nc3ccc(N4CC(CN5CCC(CN6CCN(c7ccc8c(c7)C(=O)N(C7CCC(=O)NC7=O)C8=O)CC6)CC5)C4)cn3)CC2)cc1C(F)(F)F. The number of carbonyl (C=O) groups is 5. The van der Waals surface area contributed by atoms with Gasteiger partial charge in [0.1, 0.15) is 11.9 Å². The van der Waals surface area contributed by atoms with E-state index in [1.54, 1.807) is 18.3 Å². The number of nitrogens with one attached hydrogen (secondary N) is 2. The van der Waals surface area contributed by atoms with Gasteiger partial charge in [0.2, 0.25) is 17.7 Å². The first-order chi connectivity index (χ1) is 30.8. The minimum absolute atomic E-state index is 0.0874. The Balaban J connectivity index is 0.661. The van der Waals surface area contributed by atoms with E-state index in [9.17, 15) is 37.1 Å². The third-order valence-electron chi connectivity index (χ3n) is 13.9. The monoisotopic (exact) mass is 880 g/mol. The number of halogens is 3. The fourth-order valence-corrected chi connectivity index (χ4v) is 10.1. The van der Waals surface area contributed by atoms with E-state index in [1.807, 2.05) is 23.1 Å². The maximum atomic E-state index is 13.5. The smallest absolute Gasteiger partial charge is 0.372 e. The molecule has 64 heavy (non-hydrogen) atoms. The maximum absolute atomic E-state index is 13.5. The number of piperidine rings is 3. The molecule has 1 atom stereocenters. The molecule has 6 aliphatic heterocycles. The van der Waals surface area contributed by atoms with Crippen LogP contribution in [0.25, 0.3) is 4.85 Å². The molecule has 0 bridgehead atoms. The first-order valence-electron chi connectivity index (χ1n) is 22.2. The zero-order valence-corrected chi connectivity index (χ0v) is 35.5. The van der Waals surface area contributed by atoms with Crippen LogP contribution in [0.2, 0.25) is 0 Å². The van der Waals surface area contributed by atoms with E-state index in [2.05, 4.69) is 40.1 Å². The van der Waals surface area contributed by atoms with Gasteiger partial charge in [-0.15, -0.1) is 0 Å². The van der Waals surface area contributed by atoms with E-state index < -0.39 is 47.1 Å². The van der Waals surface area contributed by atoms with Crippen LogP contribution in [0.3, 0.4) is 0 Å². The second-order valence-corrected chi connectivity index (χ2v) is 17.9. The predicted octanol–water partition coefficient (Wildman–Crippen LogP) is 4.88. The number of anilines is 4. The molecule has 6 aliphatic rings. The molecule has 1 aromatic heterocycles. The number of fused-ring (bicyclic) bond motifs is 1. The number of hydrogen-bond donors (Lipinski definition) is 2. The first kappa shape index (κ1) is 43.2. The van der Waals surface area contributed by atoms with Crippen LogP contribution in [0.4, 0.5) is 41.7 Å². The Kier molecular flexibility index (Phi) is 12.0. The standard InChI is InChI=1S/C46H51F3N10O5/c1-50-38-6-3-33(23-37(38)46(47,48)49)56-16-12-31(13-17-56)42(61)52-40-8-4-34(24-51-40)58-27-30(28-58)26-54-14-10-29(11-15-54)25-55-18-20-57(21-19-55)32-2-5-35-36(22-32)45(64)59(44(35)63)39-7-9-41(60)53-43(39)62/h2-6,8,22-24,29-31,39H,7,9-21,25-28H2,(H,51,52,61)(H,53,60,62). The Bertz CT molecular complexity index is 2340. The fraction of sp³-hybridized carbons (Fsp3) is 0.500. The van der Waals surface area contributed by atoms with E-state index in [0.717, 1.165) is 101 Å². The van der Waals surface area contributed by atoms with Gasteiger partial charge in [-0.25, -0.2) is 9.83 Å². The summed E-state index contributed by atoms with van der Waals surface area (Å²) in [4.78, 5) is 83.6. The highest BCUT2D eigenvalue weighted by molar-refractivity contribution is 6.23. The van der Waals surface area contributed by atoms with E-state index in [-0.39, 0.29) is 24.7 Å². The maximum Gasteiger partial charge on any atom is 0.407 e. The lowest BCUT2D eigenvalue weighted by atomic mass is 9.93. The average molecular weight is 881 g/mol. The molecule has 15 nitrogen and oxygen atoms in total. The van der Waals surface area contributed by atoms with Gasteiger partial charge in [0.15, 0.2) is 5.69 Å². The molecule has 0 saturated carbocycles. The number of aromatic nitrogens is 1. The van der Waals surface area contributed by atoms with Crippen molar-refractivity contribution < 1.29 is 37.1 Å². The van der Waals surface area contributed by atoms with Gasteiger partial charge in [-0.1, -0.05) is 6.07 Å². The molecule has 2 N–H and O–H groups in total. The number of imide groups is 2. The van der Waals surface area contributed by atoms with Crippen LogP contribution in [0.15, 0.2) is 54.7 Å². The second-order valence-electron chi connectivity index (χ2n) is 17.9. The summed E-state index contributed by atoms with van der Waals surface area (Å²) >= 11 is 0. The molecule has 0 spiro atoms. The van der Waals surface area contributed by atoms with Crippen molar-refractivity contribution in [1.82, 2.24) is 25.0 Å². The quantitative estimate of drug-likeness (QED) is 0.213. The number of alkyl halides is 3. The van der Waals surface area contributed by atoms with Crippen LogP contribution in [0, 0.1) is 24.3 Å². The summed E-state index contributed by atoms with van der Waals surface area (Å²) in [5.74, 6) is -0.723. The molecule has 0 radical (unpaired) electrons. The highest BCUT2D eigenvalue weighted by atomic mass is 19.4. The number of hydrogen-bond acceptors (Lipinski definition) is 11. The van der Waals surface area contributed by atoms with Crippen molar-refractivity contribution in [3.05, 3.63) is 82.8 Å². The largest absolute Gasteiger partial charge is 0.407 e. The lowest BCUT2D eigenvalue weighted by molar-refractivity contribution is -0.137. The van der Waals surface area contributed by atoms with Gasteiger partial charge < -0.3 is 24.9 Å². The van der Waals surface area contributed by atoms with Gasteiger partial charge in [-0.05, 0) is 93.6 Å². The highest BCUT2D eigenvalue weighted by Gasteiger charge is 2.45. The summed E-state index contributed by atoms with van der Waals surface area (Å²) < 4.78 is 40.5. The minimum atomic E-state index is -4.61. The Morgan fingerprint density at radius 3 is 2.05 bits per heavy atom. The molecule has 5 amide bonds. The van der Waals surface area contributed by atoms with Crippen molar-refractivity contribution >= 4 is 58.1 Å². The number of amides is 5. The molecule has 0 aliphatic carbocycles. The van der Waals surface area contributed by atoms with Crippen molar-refractivity contribution in [2.75, 3.05) is 98.6 Å². The van der Waals surface area contributed by atoms with Crippen molar-refractivity contribution in [2.24, 2.45) is 17.8 Å². The molecule has 1 unspecified atom stereocenters.